The van der Waals surface area contributed by atoms with Crippen molar-refractivity contribution in [1.82, 2.24) is 0 Å². The molecule has 0 aliphatic carbocycles. The van der Waals surface area contributed by atoms with E-state index in [0.717, 1.165) is 11.3 Å². The Bertz CT molecular complexity index is 326. The third kappa shape index (κ3) is 4.10. The van der Waals surface area contributed by atoms with Gasteiger partial charge < -0.3 is 15.8 Å². The molecular formula is C11H16N2O2. The molecule has 1 aromatic rings. The van der Waals surface area contributed by atoms with Gasteiger partial charge in [0, 0.05) is 25.8 Å². The summed E-state index contributed by atoms with van der Waals surface area (Å²) in [4.78, 5) is 11.3. The number of carbonyl (C=O) groups excluding carboxylic acids is 1. The van der Waals surface area contributed by atoms with E-state index in [4.69, 9.17) is 10.5 Å². The van der Waals surface area contributed by atoms with Crippen molar-refractivity contribution in [2.24, 2.45) is 5.73 Å². The molecule has 0 aromatic heterocycles. The van der Waals surface area contributed by atoms with Crippen LogP contribution in [0.2, 0.25) is 0 Å². The molecule has 0 radical (unpaired) electrons. The fourth-order valence-corrected chi connectivity index (χ4v) is 1.26. The van der Waals surface area contributed by atoms with Gasteiger partial charge in [-0.05, 0) is 17.7 Å². The van der Waals surface area contributed by atoms with Crippen LogP contribution in [-0.4, -0.2) is 19.6 Å². The first-order chi connectivity index (χ1) is 7.26. The van der Waals surface area contributed by atoms with Crippen molar-refractivity contribution in [3.8, 4) is 0 Å². The molecule has 0 fully saturated rings. The molecule has 1 rings (SSSR count). The molecule has 0 heterocycles. The molecule has 0 saturated carbocycles. The molecule has 4 nitrogen and oxygen atoms in total. The average Bonchev–Trinajstić information content (AvgIpc) is 2.19. The van der Waals surface area contributed by atoms with Crippen LogP contribution in [0.25, 0.3) is 0 Å². The van der Waals surface area contributed by atoms with Crippen LogP contribution >= 0.6 is 0 Å². The summed E-state index contributed by atoms with van der Waals surface area (Å²) in [6.45, 7) is 0.907. The number of rotatable bonds is 5. The molecule has 0 atom stereocenters. The summed E-state index contributed by atoms with van der Waals surface area (Å²) in [6, 6.07) is 7.56. The van der Waals surface area contributed by atoms with E-state index in [2.05, 4.69) is 5.32 Å². The monoisotopic (exact) mass is 208 g/mol. The molecule has 82 valence electrons. The van der Waals surface area contributed by atoms with Crippen LogP contribution in [-0.2, 0) is 16.1 Å². The fourth-order valence-electron chi connectivity index (χ4n) is 1.26. The third-order valence-electron chi connectivity index (χ3n) is 1.89. The van der Waals surface area contributed by atoms with E-state index in [-0.39, 0.29) is 5.91 Å². The zero-order chi connectivity index (χ0) is 11.1. The predicted octanol–water partition coefficient (Wildman–Crippen LogP) is 1.12. The van der Waals surface area contributed by atoms with Gasteiger partial charge in [0.05, 0.1) is 6.61 Å². The van der Waals surface area contributed by atoms with Gasteiger partial charge in [0.25, 0.3) is 0 Å². The summed E-state index contributed by atoms with van der Waals surface area (Å²) < 4.78 is 5.00. The molecule has 1 amide bonds. The van der Waals surface area contributed by atoms with Crippen LogP contribution in [0.15, 0.2) is 24.3 Å². The van der Waals surface area contributed by atoms with Crippen LogP contribution in [0.1, 0.15) is 12.0 Å². The molecule has 0 bridgehead atoms. The number of hydrogen-bond donors (Lipinski definition) is 2. The first kappa shape index (κ1) is 11.7. The van der Waals surface area contributed by atoms with Gasteiger partial charge >= 0.3 is 0 Å². The number of nitrogens with one attached hydrogen (secondary N) is 1. The van der Waals surface area contributed by atoms with Crippen molar-refractivity contribution >= 4 is 11.6 Å². The Hall–Kier alpha value is -1.39. The van der Waals surface area contributed by atoms with Crippen molar-refractivity contribution in [2.45, 2.75) is 13.0 Å². The SMILES string of the molecule is COCc1cccc(NC(=O)CCN)c1. The Morgan fingerprint density at radius 3 is 3.00 bits per heavy atom. The van der Waals surface area contributed by atoms with Crippen molar-refractivity contribution in [1.29, 1.82) is 0 Å². The second-order valence-corrected chi connectivity index (χ2v) is 3.22. The van der Waals surface area contributed by atoms with Gasteiger partial charge in [-0.1, -0.05) is 12.1 Å². The van der Waals surface area contributed by atoms with E-state index in [1.54, 1.807) is 7.11 Å². The molecule has 0 aliphatic rings. The number of ether oxygens (including phenoxy) is 1. The maximum atomic E-state index is 11.3. The average molecular weight is 208 g/mol. The van der Waals surface area contributed by atoms with E-state index in [9.17, 15) is 4.79 Å². The zero-order valence-corrected chi connectivity index (χ0v) is 8.82. The second kappa shape index (κ2) is 6.16. The summed E-state index contributed by atoms with van der Waals surface area (Å²) in [5, 5.41) is 2.77. The number of amides is 1. The summed E-state index contributed by atoms with van der Waals surface area (Å²) in [5.41, 5.74) is 7.09. The molecule has 0 spiro atoms. The van der Waals surface area contributed by atoms with Gasteiger partial charge in [-0.25, -0.2) is 0 Å². The highest BCUT2D eigenvalue weighted by molar-refractivity contribution is 5.90. The van der Waals surface area contributed by atoms with Crippen molar-refractivity contribution in [2.75, 3.05) is 19.0 Å². The van der Waals surface area contributed by atoms with E-state index in [0.29, 0.717) is 19.6 Å². The highest BCUT2D eigenvalue weighted by Gasteiger charge is 2.01. The van der Waals surface area contributed by atoms with Crippen LogP contribution in [0.4, 0.5) is 5.69 Å². The molecule has 1 aromatic carbocycles. The Labute approximate surface area is 89.4 Å². The first-order valence-corrected chi connectivity index (χ1v) is 4.84. The molecule has 15 heavy (non-hydrogen) atoms. The van der Waals surface area contributed by atoms with Crippen LogP contribution < -0.4 is 11.1 Å². The molecular weight excluding hydrogens is 192 g/mol. The maximum absolute atomic E-state index is 11.3. The minimum Gasteiger partial charge on any atom is -0.380 e. The highest BCUT2D eigenvalue weighted by atomic mass is 16.5. The van der Waals surface area contributed by atoms with Gasteiger partial charge in [-0.15, -0.1) is 0 Å². The number of carbonyl (C=O) groups is 1. The van der Waals surface area contributed by atoms with E-state index in [1.165, 1.54) is 0 Å². The lowest BCUT2D eigenvalue weighted by molar-refractivity contribution is -0.116. The number of nitrogens with two attached hydrogens (primary N) is 1. The number of methoxy groups -OCH3 is 1. The van der Waals surface area contributed by atoms with Crippen molar-refractivity contribution in [3.05, 3.63) is 29.8 Å². The Balaban J connectivity index is 2.60. The quantitative estimate of drug-likeness (QED) is 0.762. The summed E-state index contributed by atoms with van der Waals surface area (Å²) in [7, 11) is 1.64. The summed E-state index contributed by atoms with van der Waals surface area (Å²) in [5.74, 6) is -0.0629. The predicted molar refractivity (Wildman–Crippen MR) is 59.5 cm³/mol. The largest absolute Gasteiger partial charge is 0.380 e. The Kier molecular flexibility index (Phi) is 4.80. The lowest BCUT2D eigenvalue weighted by Gasteiger charge is -2.06. The van der Waals surface area contributed by atoms with Crippen molar-refractivity contribution in [3.63, 3.8) is 0 Å². The smallest absolute Gasteiger partial charge is 0.225 e. The lowest BCUT2D eigenvalue weighted by atomic mass is 10.2. The first-order valence-electron chi connectivity index (χ1n) is 4.84. The van der Waals surface area contributed by atoms with Gasteiger partial charge in [0.15, 0.2) is 0 Å². The second-order valence-electron chi connectivity index (χ2n) is 3.22. The highest BCUT2D eigenvalue weighted by Crippen LogP contribution is 2.11. The lowest BCUT2D eigenvalue weighted by Crippen LogP contribution is -2.16. The van der Waals surface area contributed by atoms with E-state index in [1.807, 2.05) is 24.3 Å². The van der Waals surface area contributed by atoms with Gasteiger partial charge in [-0.2, -0.15) is 0 Å². The molecule has 0 aliphatic heterocycles. The van der Waals surface area contributed by atoms with Gasteiger partial charge in [0.1, 0.15) is 0 Å². The Morgan fingerprint density at radius 2 is 2.33 bits per heavy atom. The molecule has 0 unspecified atom stereocenters. The van der Waals surface area contributed by atoms with Crippen molar-refractivity contribution < 1.29 is 9.53 Å². The van der Waals surface area contributed by atoms with Crippen LogP contribution in [0.5, 0.6) is 0 Å². The number of anilines is 1. The van der Waals surface area contributed by atoms with Crippen LogP contribution in [0.3, 0.4) is 0 Å². The number of hydrogen-bond acceptors (Lipinski definition) is 3. The minimum absolute atomic E-state index is 0.0629. The summed E-state index contributed by atoms with van der Waals surface area (Å²) >= 11 is 0. The van der Waals surface area contributed by atoms with Gasteiger partial charge in [-0.3, -0.25) is 4.79 Å². The standard InChI is InChI=1S/C11H16N2O2/c1-15-8-9-3-2-4-10(7-9)13-11(14)5-6-12/h2-4,7H,5-6,8,12H2,1H3,(H,13,14). The molecule has 4 heteroatoms. The molecule has 0 saturated heterocycles. The molecule has 3 N–H and O–H groups in total. The maximum Gasteiger partial charge on any atom is 0.225 e. The topological polar surface area (TPSA) is 64.3 Å². The van der Waals surface area contributed by atoms with E-state index < -0.39 is 0 Å². The number of benzene rings is 1. The third-order valence-corrected chi connectivity index (χ3v) is 1.89. The van der Waals surface area contributed by atoms with E-state index >= 15 is 0 Å². The zero-order valence-electron chi connectivity index (χ0n) is 8.82. The Morgan fingerprint density at radius 1 is 1.53 bits per heavy atom. The van der Waals surface area contributed by atoms with Gasteiger partial charge in [0.2, 0.25) is 5.91 Å². The minimum atomic E-state index is -0.0629. The normalized spacial score (nSPS) is 10.0. The summed E-state index contributed by atoms with van der Waals surface area (Å²) in [6.07, 6.45) is 0.342. The fraction of sp³-hybridized carbons (Fsp3) is 0.364. The van der Waals surface area contributed by atoms with Crippen LogP contribution in [0, 0.1) is 0 Å².